The fourth-order valence-electron chi connectivity index (χ4n) is 1.76. The number of rotatable bonds is 4. The Hall–Kier alpha value is -2.12. The molecule has 0 aromatic heterocycles. The Morgan fingerprint density at radius 1 is 1.20 bits per heavy atom. The van der Waals surface area contributed by atoms with Crippen LogP contribution in [-0.4, -0.2) is 34.4 Å². The molecular weight excluding hydrogens is 280 g/mol. The number of hydrogen-bond acceptors (Lipinski definition) is 6. The molecule has 0 amide bonds. The van der Waals surface area contributed by atoms with E-state index in [9.17, 15) is 14.4 Å². The molecule has 1 aliphatic rings. The van der Waals surface area contributed by atoms with Gasteiger partial charge in [0.25, 0.3) is 0 Å². The van der Waals surface area contributed by atoms with Gasteiger partial charge in [0.1, 0.15) is 6.04 Å². The van der Waals surface area contributed by atoms with E-state index in [0.717, 1.165) is 11.8 Å². The lowest BCUT2D eigenvalue weighted by Crippen LogP contribution is -2.33. The van der Waals surface area contributed by atoms with E-state index in [1.54, 1.807) is 18.2 Å². The summed E-state index contributed by atoms with van der Waals surface area (Å²) in [5, 5.41) is 8.72. The topological polar surface area (TPSA) is 123 Å². The number of carbonyl (C=O) groups is 3. The molecule has 0 saturated carbocycles. The Kier molecular flexibility index (Phi) is 3.91. The Balaban J connectivity index is 2.30. The van der Waals surface area contributed by atoms with Gasteiger partial charge >= 0.3 is 5.97 Å². The number of nitrogens with two attached hydrogens (primary N) is 2. The number of carboxylic acid groups (broad SMARTS) is 1. The number of carboxylic acids is 1. The summed E-state index contributed by atoms with van der Waals surface area (Å²) in [6, 6.07) is 5.25. The molecule has 2 rings (SSSR count). The SMILES string of the molecule is NC1=C(SC[C@H](N)C(=O)O)C(=O)c2ccccc2C1=O. The number of hydrogen-bond donors (Lipinski definition) is 3. The fraction of sp³-hybridized carbons (Fsp3) is 0.154. The molecule has 104 valence electrons. The molecule has 5 N–H and O–H groups in total. The van der Waals surface area contributed by atoms with Crippen molar-refractivity contribution in [3.05, 3.63) is 46.0 Å². The summed E-state index contributed by atoms with van der Waals surface area (Å²) in [4.78, 5) is 35.0. The summed E-state index contributed by atoms with van der Waals surface area (Å²) < 4.78 is 0. The monoisotopic (exact) mass is 292 g/mol. The van der Waals surface area contributed by atoms with Crippen LogP contribution in [0.25, 0.3) is 0 Å². The molecule has 1 atom stereocenters. The Morgan fingerprint density at radius 2 is 1.75 bits per heavy atom. The highest BCUT2D eigenvalue weighted by Crippen LogP contribution is 2.30. The fourth-order valence-corrected chi connectivity index (χ4v) is 2.74. The van der Waals surface area contributed by atoms with Crippen LogP contribution in [0, 0.1) is 0 Å². The highest BCUT2D eigenvalue weighted by molar-refractivity contribution is 8.04. The maximum atomic E-state index is 12.3. The molecule has 0 radical (unpaired) electrons. The maximum absolute atomic E-state index is 12.3. The molecule has 6 nitrogen and oxygen atoms in total. The van der Waals surface area contributed by atoms with Crippen molar-refractivity contribution in [1.82, 2.24) is 0 Å². The van der Waals surface area contributed by atoms with Gasteiger partial charge in [-0.2, -0.15) is 0 Å². The molecule has 0 spiro atoms. The van der Waals surface area contributed by atoms with Gasteiger partial charge in [0.2, 0.25) is 11.6 Å². The molecule has 0 saturated heterocycles. The highest BCUT2D eigenvalue weighted by Gasteiger charge is 2.31. The number of aliphatic carboxylic acids is 1. The zero-order valence-electron chi connectivity index (χ0n) is 10.3. The first kappa shape index (κ1) is 14.3. The van der Waals surface area contributed by atoms with Crippen molar-refractivity contribution in [2.24, 2.45) is 11.5 Å². The van der Waals surface area contributed by atoms with Crippen LogP contribution in [0.4, 0.5) is 0 Å². The number of carbonyl (C=O) groups excluding carboxylic acids is 2. The molecule has 0 aliphatic heterocycles. The zero-order valence-corrected chi connectivity index (χ0v) is 11.1. The van der Waals surface area contributed by atoms with E-state index in [-0.39, 0.29) is 33.3 Å². The van der Waals surface area contributed by atoms with E-state index in [2.05, 4.69) is 0 Å². The van der Waals surface area contributed by atoms with Crippen molar-refractivity contribution in [1.29, 1.82) is 0 Å². The molecule has 7 heteroatoms. The number of fused-ring (bicyclic) bond motifs is 1. The van der Waals surface area contributed by atoms with Gasteiger partial charge in [0, 0.05) is 16.9 Å². The minimum absolute atomic E-state index is 0.0352. The largest absolute Gasteiger partial charge is 0.480 e. The van der Waals surface area contributed by atoms with E-state index in [0.29, 0.717) is 0 Å². The van der Waals surface area contributed by atoms with Crippen LogP contribution in [0.15, 0.2) is 34.9 Å². The number of thioether (sulfide) groups is 1. The van der Waals surface area contributed by atoms with Crippen LogP contribution < -0.4 is 11.5 Å². The van der Waals surface area contributed by atoms with E-state index in [4.69, 9.17) is 16.6 Å². The summed E-state index contributed by atoms with van der Waals surface area (Å²) in [6.45, 7) is 0. The van der Waals surface area contributed by atoms with Gasteiger partial charge < -0.3 is 16.6 Å². The second-order valence-corrected chi connectivity index (χ2v) is 5.23. The normalized spacial score (nSPS) is 16.1. The Morgan fingerprint density at radius 3 is 2.30 bits per heavy atom. The van der Waals surface area contributed by atoms with Crippen LogP contribution in [0.3, 0.4) is 0 Å². The van der Waals surface area contributed by atoms with E-state index in [1.807, 2.05) is 0 Å². The molecule has 1 aliphatic carbocycles. The van der Waals surface area contributed by atoms with Crippen molar-refractivity contribution in [3.63, 3.8) is 0 Å². The average molecular weight is 292 g/mol. The van der Waals surface area contributed by atoms with Crippen LogP contribution in [0.1, 0.15) is 20.7 Å². The quantitative estimate of drug-likeness (QED) is 0.733. The number of allylic oxidation sites excluding steroid dienone is 2. The van der Waals surface area contributed by atoms with Crippen LogP contribution in [0.2, 0.25) is 0 Å². The molecule has 0 fully saturated rings. The molecule has 1 aromatic rings. The second-order valence-electron chi connectivity index (χ2n) is 4.20. The minimum atomic E-state index is -1.17. The summed E-state index contributed by atoms with van der Waals surface area (Å²) >= 11 is 0.896. The zero-order chi connectivity index (χ0) is 14.9. The third-order valence-electron chi connectivity index (χ3n) is 2.84. The van der Waals surface area contributed by atoms with E-state index in [1.165, 1.54) is 6.07 Å². The van der Waals surface area contributed by atoms with Gasteiger partial charge in [0.05, 0.1) is 10.6 Å². The average Bonchev–Trinajstić information content (AvgIpc) is 2.44. The minimum Gasteiger partial charge on any atom is -0.480 e. The molecular formula is C13H12N2O4S. The molecule has 0 unspecified atom stereocenters. The summed E-state index contributed by atoms with van der Waals surface area (Å²) in [5.74, 6) is -2.01. The van der Waals surface area contributed by atoms with Gasteiger partial charge in [-0.1, -0.05) is 24.3 Å². The van der Waals surface area contributed by atoms with Gasteiger partial charge in [0.15, 0.2) is 0 Å². The summed E-state index contributed by atoms with van der Waals surface area (Å²) in [6.07, 6.45) is 0. The second kappa shape index (κ2) is 5.48. The number of ketones is 2. The molecule has 0 heterocycles. The third-order valence-corrected chi connectivity index (χ3v) is 4.06. The van der Waals surface area contributed by atoms with Gasteiger partial charge in [-0.05, 0) is 0 Å². The molecule has 20 heavy (non-hydrogen) atoms. The molecule has 1 aromatic carbocycles. The van der Waals surface area contributed by atoms with Crippen LogP contribution >= 0.6 is 11.8 Å². The Bertz CT molecular complexity index is 639. The smallest absolute Gasteiger partial charge is 0.321 e. The first-order valence-electron chi connectivity index (χ1n) is 5.73. The van der Waals surface area contributed by atoms with Crippen LogP contribution in [0.5, 0.6) is 0 Å². The van der Waals surface area contributed by atoms with Gasteiger partial charge in [-0.3, -0.25) is 14.4 Å². The lowest BCUT2D eigenvalue weighted by atomic mass is 9.93. The third kappa shape index (κ3) is 2.45. The van der Waals surface area contributed by atoms with Crippen LogP contribution in [-0.2, 0) is 4.79 Å². The maximum Gasteiger partial charge on any atom is 0.321 e. The molecule has 0 bridgehead atoms. The van der Waals surface area contributed by atoms with Crippen molar-refractivity contribution in [2.75, 3.05) is 5.75 Å². The van der Waals surface area contributed by atoms with Crippen molar-refractivity contribution >= 4 is 29.3 Å². The van der Waals surface area contributed by atoms with E-state index >= 15 is 0 Å². The number of Topliss-reactive ketones (excluding diaryl/α,β-unsaturated/α-hetero) is 2. The lowest BCUT2D eigenvalue weighted by Gasteiger charge is -2.18. The Labute approximate surface area is 118 Å². The van der Waals surface area contributed by atoms with Crippen molar-refractivity contribution in [3.8, 4) is 0 Å². The number of benzene rings is 1. The standard InChI is InChI=1S/C13H12N2O4S/c14-8(13(18)19)5-20-12-9(15)10(16)6-3-1-2-4-7(6)11(12)17/h1-4,8H,5,14-15H2,(H,18,19)/t8-/m0/s1. The van der Waals surface area contributed by atoms with Gasteiger partial charge in [-0.25, -0.2) is 0 Å². The van der Waals surface area contributed by atoms with Crippen molar-refractivity contribution in [2.45, 2.75) is 6.04 Å². The predicted molar refractivity (Wildman–Crippen MR) is 74.4 cm³/mol. The summed E-state index contributed by atoms with van der Waals surface area (Å²) in [7, 11) is 0. The first-order chi connectivity index (χ1) is 9.43. The van der Waals surface area contributed by atoms with Gasteiger partial charge in [-0.15, -0.1) is 11.8 Å². The highest BCUT2D eigenvalue weighted by atomic mass is 32.2. The lowest BCUT2D eigenvalue weighted by molar-refractivity contribution is -0.137. The summed E-state index contributed by atoms with van der Waals surface area (Å²) in [5.41, 5.74) is 11.4. The predicted octanol–water partition coefficient (Wildman–Crippen LogP) is 0.381. The first-order valence-corrected chi connectivity index (χ1v) is 6.71. The van der Waals surface area contributed by atoms with Crippen molar-refractivity contribution < 1.29 is 19.5 Å². The van der Waals surface area contributed by atoms with E-state index < -0.39 is 17.8 Å².